The Hall–Kier alpha value is -0.650. The van der Waals surface area contributed by atoms with Gasteiger partial charge in [0.25, 0.3) is 5.91 Å². The monoisotopic (exact) mass is 228 g/mol. The minimum atomic E-state index is -0.0718. The molecule has 2 unspecified atom stereocenters. The lowest BCUT2D eigenvalue weighted by Gasteiger charge is -2.32. The predicted octanol–water partition coefficient (Wildman–Crippen LogP) is -0.219. The summed E-state index contributed by atoms with van der Waals surface area (Å²) < 4.78 is 0. The number of carbonyl (C=O) groups excluding carboxylic acids is 1. The molecule has 1 amide bonds. The molecule has 1 aliphatic rings. The van der Waals surface area contributed by atoms with Gasteiger partial charge in [-0.15, -0.1) is 0 Å². The van der Waals surface area contributed by atoms with Crippen molar-refractivity contribution in [2.24, 2.45) is 5.84 Å². The number of hydrogen-bond donors (Lipinski definition) is 2. The van der Waals surface area contributed by atoms with E-state index in [4.69, 9.17) is 5.84 Å². The highest BCUT2D eigenvalue weighted by atomic mass is 16.2. The molecule has 0 aromatic rings. The van der Waals surface area contributed by atoms with Crippen LogP contribution in [0.1, 0.15) is 26.2 Å². The first kappa shape index (κ1) is 13.4. The Morgan fingerprint density at radius 3 is 2.81 bits per heavy atom. The molecule has 1 saturated heterocycles. The van der Waals surface area contributed by atoms with Gasteiger partial charge in [-0.3, -0.25) is 15.1 Å². The minimum absolute atomic E-state index is 0.0619. The van der Waals surface area contributed by atoms with Crippen LogP contribution in [0, 0.1) is 0 Å². The van der Waals surface area contributed by atoms with Crippen molar-refractivity contribution in [3.8, 4) is 0 Å². The minimum Gasteiger partial charge on any atom is -0.308 e. The molecule has 2 atom stereocenters. The average molecular weight is 228 g/mol. The molecule has 5 heteroatoms. The van der Waals surface area contributed by atoms with Crippen molar-refractivity contribution in [1.29, 1.82) is 0 Å². The van der Waals surface area contributed by atoms with Crippen LogP contribution in [0.3, 0.4) is 0 Å². The van der Waals surface area contributed by atoms with Crippen molar-refractivity contribution in [1.82, 2.24) is 15.2 Å². The number of nitrogens with one attached hydrogen (secondary N) is 1. The van der Waals surface area contributed by atoms with E-state index in [1.807, 2.05) is 6.92 Å². The van der Waals surface area contributed by atoms with Crippen LogP contribution in [-0.2, 0) is 4.79 Å². The molecule has 0 bridgehead atoms. The first-order valence-corrected chi connectivity index (χ1v) is 6.01. The molecule has 94 valence electrons. The van der Waals surface area contributed by atoms with Crippen LogP contribution >= 0.6 is 0 Å². The van der Waals surface area contributed by atoms with Crippen molar-refractivity contribution < 1.29 is 4.79 Å². The molecule has 3 N–H and O–H groups in total. The van der Waals surface area contributed by atoms with Gasteiger partial charge in [-0.2, -0.15) is 0 Å². The van der Waals surface area contributed by atoms with E-state index in [1.54, 1.807) is 0 Å². The summed E-state index contributed by atoms with van der Waals surface area (Å²) in [6.45, 7) is 4.05. The quantitative estimate of drug-likeness (QED) is 0.388. The SMILES string of the molecule is CCC(C(=O)NN)N1CCCC1CN(C)C. The van der Waals surface area contributed by atoms with Gasteiger partial charge in [0.2, 0.25) is 0 Å². The van der Waals surface area contributed by atoms with E-state index < -0.39 is 0 Å². The molecule has 0 radical (unpaired) electrons. The molecule has 0 spiro atoms. The number of hydrazine groups is 1. The fraction of sp³-hybridized carbons (Fsp3) is 0.909. The Bertz CT molecular complexity index is 232. The van der Waals surface area contributed by atoms with Crippen LogP contribution in [0.4, 0.5) is 0 Å². The van der Waals surface area contributed by atoms with E-state index in [1.165, 1.54) is 12.8 Å². The molecule has 1 heterocycles. The van der Waals surface area contributed by atoms with E-state index in [9.17, 15) is 4.79 Å². The van der Waals surface area contributed by atoms with Crippen molar-refractivity contribution in [2.45, 2.75) is 38.3 Å². The highest BCUT2D eigenvalue weighted by Gasteiger charge is 2.33. The zero-order chi connectivity index (χ0) is 12.1. The Morgan fingerprint density at radius 1 is 1.62 bits per heavy atom. The Balaban J connectivity index is 2.64. The summed E-state index contributed by atoms with van der Waals surface area (Å²) in [4.78, 5) is 16.1. The standard InChI is InChI=1S/C11H24N4O/c1-4-10(11(16)13-12)15-7-5-6-9(15)8-14(2)3/h9-10H,4-8,12H2,1-3H3,(H,13,16). The summed E-state index contributed by atoms with van der Waals surface area (Å²) in [6.07, 6.45) is 3.16. The predicted molar refractivity (Wildman–Crippen MR) is 64.7 cm³/mol. The first-order chi connectivity index (χ1) is 7.60. The molecule has 0 saturated carbocycles. The second-order valence-electron chi connectivity index (χ2n) is 4.73. The first-order valence-electron chi connectivity index (χ1n) is 6.01. The Labute approximate surface area is 97.9 Å². The number of likely N-dealkylation sites (N-methyl/N-ethyl adjacent to an activating group) is 1. The number of amides is 1. The van der Waals surface area contributed by atoms with Crippen LogP contribution < -0.4 is 11.3 Å². The highest BCUT2D eigenvalue weighted by molar-refractivity contribution is 5.81. The molecule has 0 aromatic heterocycles. The topological polar surface area (TPSA) is 61.6 Å². The fourth-order valence-electron chi connectivity index (χ4n) is 2.55. The summed E-state index contributed by atoms with van der Waals surface area (Å²) in [7, 11) is 4.14. The third-order valence-electron chi connectivity index (χ3n) is 3.23. The maximum absolute atomic E-state index is 11.7. The van der Waals surface area contributed by atoms with Gasteiger partial charge in [0.15, 0.2) is 0 Å². The normalized spacial score (nSPS) is 23.7. The third kappa shape index (κ3) is 3.17. The van der Waals surface area contributed by atoms with Gasteiger partial charge in [0.1, 0.15) is 0 Å². The number of nitrogens with two attached hydrogens (primary N) is 1. The number of rotatable bonds is 5. The van der Waals surface area contributed by atoms with Crippen molar-refractivity contribution in [2.75, 3.05) is 27.2 Å². The van der Waals surface area contributed by atoms with Crippen molar-refractivity contribution in [3.63, 3.8) is 0 Å². The smallest absolute Gasteiger partial charge is 0.251 e. The van der Waals surface area contributed by atoms with Gasteiger partial charge >= 0.3 is 0 Å². The molecule has 5 nitrogen and oxygen atoms in total. The molecule has 1 rings (SSSR count). The van der Waals surface area contributed by atoms with Crippen LogP contribution in [0.15, 0.2) is 0 Å². The number of nitrogens with zero attached hydrogens (tertiary/aromatic N) is 2. The van der Waals surface area contributed by atoms with Gasteiger partial charge in [-0.05, 0) is 39.9 Å². The summed E-state index contributed by atoms with van der Waals surface area (Å²) in [5.41, 5.74) is 2.27. The van der Waals surface area contributed by atoms with Crippen LogP contribution in [0.25, 0.3) is 0 Å². The third-order valence-corrected chi connectivity index (χ3v) is 3.23. The van der Waals surface area contributed by atoms with Gasteiger partial charge in [0.05, 0.1) is 6.04 Å². The lowest BCUT2D eigenvalue weighted by atomic mass is 10.1. The second kappa shape index (κ2) is 6.18. The molecule has 0 aromatic carbocycles. The Kier molecular flexibility index (Phi) is 5.18. The van der Waals surface area contributed by atoms with Crippen LogP contribution in [-0.4, -0.2) is 55.0 Å². The van der Waals surface area contributed by atoms with Gasteiger partial charge < -0.3 is 4.90 Å². The maximum Gasteiger partial charge on any atom is 0.251 e. The number of likely N-dealkylation sites (tertiary alicyclic amines) is 1. The van der Waals surface area contributed by atoms with Gasteiger partial charge in [-0.1, -0.05) is 6.92 Å². The zero-order valence-corrected chi connectivity index (χ0v) is 10.6. The van der Waals surface area contributed by atoms with Crippen LogP contribution in [0.5, 0.6) is 0 Å². The second-order valence-corrected chi connectivity index (χ2v) is 4.73. The molecule has 1 aliphatic heterocycles. The van der Waals surface area contributed by atoms with E-state index >= 15 is 0 Å². The van der Waals surface area contributed by atoms with E-state index in [2.05, 4.69) is 29.3 Å². The maximum atomic E-state index is 11.7. The largest absolute Gasteiger partial charge is 0.308 e. The van der Waals surface area contributed by atoms with E-state index in [0.717, 1.165) is 19.5 Å². The fourth-order valence-corrected chi connectivity index (χ4v) is 2.55. The van der Waals surface area contributed by atoms with E-state index in [0.29, 0.717) is 6.04 Å². The van der Waals surface area contributed by atoms with Gasteiger partial charge in [0, 0.05) is 12.6 Å². The lowest BCUT2D eigenvalue weighted by molar-refractivity contribution is -0.127. The molecular weight excluding hydrogens is 204 g/mol. The van der Waals surface area contributed by atoms with Crippen molar-refractivity contribution in [3.05, 3.63) is 0 Å². The lowest BCUT2D eigenvalue weighted by Crippen LogP contribution is -2.52. The zero-order valence-electron chi connectivity index (χ0n) is 10.6. The van der Waals surface area contributed by atoms with Crippen LogP contribution in [0.2, 0.25) is 0 Å². The molecular formula is C11H24N4O. The average Bonchev–Trinajstić information content (AvgIpc) is 2.66. The number of hydrogen-bond acceptors (Lipinski definition) is 4. The highest BCUT2D eigenvalue weighted by Crippen LogP contribution is 2.22. The van der Waals surface area contributed by atoms with E-state index in [-0.39, 0.29) is 11.9 Å². The Morgan fingerprint density at radius 2 is 2.31 bits per heavy atom. The summed E-state index contributed by atoms with van der Waals surface area (Å²) in [5, 5.41) is 0. The molecule has 16 heavy (non-hydrogen) atoms. The summed E-state index contributed by atoms with van der Waals surface area (Å²) in [5.74, 6) is 5.16. The summed E-state index contributed by atoms with van der Waals surface area (Å²) in [6, 6.07) is 0.412. The summed E-state index contributed by atoms with van der Waals surface area (Å²) >= 11 is 0. The molecule has 0 aliphatic carbocycles. The number of carbonyl (C=O) groups is 1. The van der Waals surface area contributed by atoms with Gasteiger partial charge in [-0.25, -0.2) is 5.84 Å². The molecule has 1 fully saturated rings. The van der Waals surface area contributed by atoms with Crippen molar-refractivity contribution >= 4 is 5.91 Å².